The summed E-state index contributed by atoms with van der Waals surface area (Å²) in [7, 11) is 1.25. The monoisotopic (exact) mass is 337 g/mol. The predicted molar refractivity (Wildman–Crippen MR) is 71.5 cm³/mol. The summed E-state index contributed by atoms with van der Waals surface area (Å²) in [5.74, 6) is -1.04. The molecule has 0 amide bonds. The standard InChI is InChI=1S/C13H9BrFN3O2/c1-20-13(19)11-5-12(14)17-18(11)7-9-4-8(6-16)2-3-10(9)15/h2-5H,7H2,1H3. The quantitative estimate of drug-likeness (QED) is 0.807. The van der Waals surface area contributed by atoms with E-state index in [0.29, 0.717) is 10.2 Å². The Morgan fingerprint density at radius 3 is 2.95 bits per heavy atom. The maximum absolute atomic E-state index is 13.7. The molecule has 0 aliphatic heterocycles. The number of ether oxygens (including phenoxy) is 1. The molecule has 0 N–H and O–H groups in total. The first-order valence-corrected chi connectivity index (χ1v) is 6.34. The normalized spacial score (nSPS) is 10.1. The summed E-state index contributed by atoms with van der Waals surface area (Å²) >= 11 is 3.15. The van der Waals surface area contributed by atoms with E-state index in [-0.39, 0.29) is 17.8 Å². The van der Waals surface area contributed by atoms with Gasteiger partial charge in [0.15, 0.2) is 0 Å². The Kier molecular flexibility index (Phi) is 4.15. The van der Waals surface area contributed by atoms with Crippen molar-refractivity contribution < 1.29 is 13.9 Å². The van der Waals surface area contributed by atoms with Crippen molar-refractivity contribution in [3.05, 3.63) is 51.5 Å². The number of halogens is 2. The van der Waals surface area contributed by atoms with Gasteiger partial charge in [-0.15, -0.1) is 0 Å². The van der Waals surface area contributed by atoms with Crippen LogP contribution in [0.1, 0.15) is 21.6 Å². The van der Waals surface area contributed by atoms with Crippen LogP contribution in [-0.2, 0) is 11.3 Å². The van der Waals surface area contributed by atoms with Crippen LogP contribution in [-0.4, -0.2) is 22.9 Å². The van der Waals surface area contributed by atoms with Crippen LogP contribution in [0.2, 0.25) is 0 Å². The minimum atomic E-state index is -0.569. The fraction of sp³-hybridized carbons (Fsp3) is 0.154. The second-order valence-electron chi connectivity index (χ2n) is 3.92. The maximum Gasteiger partial charge on any atom is 0.356 e. The fourth-order valence-corrected chi connectivity index (χ4v) is 2.11. The fourth-order valence-electron chi connectivity index (χ4n) is 1.70. The third-order valence-corrected chi connectivity index (χ3v) is 3.03. The molecule has 0 unspecified atom stereocenters. The first kappa shape index (κ1) is 14.2. The highest BCUT2D eigenvalue weighted by Gasteiger charge is 2.16. The molecule has 0 aliphatic carbocycles. The van der Waals surface area contributed by atoms with Gasteiger partial charge < -0.3 is 4.74 Å². The summed E-state index contributed by atoms with van der Waals surface area (Å²) < 4.78 is 20.1. The highest BCUT2D eigenvalue weighted by atomic mass is 79.9. The molecule has 0 spiro atoms. The van der Waals surface area contributed by atoms with E-state index >= 15 is 0 Å². The molecule has 0 fully saturated rings. The van der Waals surface area contributed by atoms with Crippen LogP contribution in [0.5, 0.6) is 0 Å². The van der Waals surface area contributed by atoms with E-state index in [1.807, 2.05) is 6.07 Å². The average Bonchev–Trinajstić information content (AvgIpc) is 2.81. The second-order valence-corrected chi connectivity index (χ2v) is 4.73. The third-order valence-electron chi connectivity index (χ3n) is 2.64. The lowest BCUT2D eigenvalue weighted by molar-refractivity contribution is 0.0587. The molecule has 1 heterocycles. The first-order valence-electron chi connectivity index (χ1n) is 5.55. The number of methoxy groups -OCH3 is 1. The molecule has 0 atom stereocenters. The van der Waals surface area contributed by atoms with Crippen molar-refractivity contribution in [1.29, 1.82) is 5.26 Å². The van der Waals surface area contributed by atoms with Gasteiger partial charge in [0.05, 0.1) is 25.3 Å². The zero-order chi connectivity index (χ0) is 14.7. The van der Waals surface area contributed by atoms with Crippen molar-refractivity contribution in [1.82, 2.24) is 9.78 Å². The number of carbonyl (C=O) groups excluding carboxylic acids is 1. The molecule has 2 rings (SSSR count). The lowest BCUT2D eigenvalue weighted by Gasteiger charge is -2.07. The van der Waals surface area contributed by atoms with Gasteiger partial charge in [-0.2, -0.15) is 10.4 Å². The number of hydrogen-bond acceptors (Lipinski definition) is 4. The van der Waals surface area contributed by atoms with Crippen molar-refractivity contribution >= 4 is 21.9 Å². The third kappa shape index (κ3) is 2.86. The molecule has 0 saturated heterocycles. The largest absolute Gasteiger partial charge is 0.464 e. The van der Waals surface area contributed by atoms with Crippen LogP contribution in [0.4, 0.5) is 4.39 Å². The SMILES string of the molecule is COC(=O)c1cc(Br)nn1Cc1cc(C#N)ccc1F. The van der Waals surface area contributed by atoms with Crippen LogP contribution in [0.25, 0.3) is 0 Å². The number of carbonyl (C=O) groups is 1. The molecule has 7 heteroatoms. The van der Waals surface area contributed by atoms with Crippen molar-refractivity contribution in [2.45, 2.75) is 6.54 Å². The molecule has 0 radical (unpaired) electrons. The Morgan fingerprint density at radius 1 is 1.55 bits per heavy atom. The number of esters is 1. The van der Waals surface area contributed by atoms with Gasteiger partial charge >= 0.3 is 5.97 Å². The van der Waals surface area contributed by atoms with Gasteiger partial charge in [0.2, 0.25) is 0 Å². The zero-order valence-electron chi connectivity index (χ0n) is 10.4. The van der Waals surface area contributed by atoms with E-state index in [1.165, 1.54) is 36.1 Å². The average molecular weight is 338 g/mol. The number of benzene rings is 1. The number of aromatic nitrogens is 2. The molecule has 20 heavy (non-hydrogen) atoms. The molecule has 0 bridgehead atoms. The minimum absolute atomic E-state index is 0.0252. The Labute approximate surface area is 122 Å². The van der Waals surface area contributed by atoms with E-state index in [4.69, 9.17) is 5.26 Å². The summed E-state index contributed by atoms with van der Waals surface area (Å²) in [6, 6.07) is 7.44. The lowest BCUT2D eigenvalue weighted by Crippen LogP contribution is -2.13. The summed E-state index contributed by atoms with van der Waals surface area (Å²) in [4.78, 5) is 11.6. The summed E-state index contributed by atoms with van der Waals surface area (Å²) in [5, 5.41) is 12.9. The van der Waals surface area contributed by atoms with Crippen LogP contribution in [0, 0.1) is 17.1 Å². The van der Waals surface area contributed by atoms with Crippen LogP contribution in [0.15, 0.2) is 28.9 Å². The van der Waals surface area contributed by atoms with Crippen molar-refractivity contribution in [2.24, 2.45) is 0 Å². The molecule has 2 aromatic rings. The smallest absolute Gasteiger partial charge is 0.356 e. The Bertz CT molecular complexity index is 706. The van der Waals surface area contributed by atoms with Gasteiger partial charge in [0, 0.05) is 11.6 Å². The van der Waals surface area contributed by atoms with Gasteiger partial charge in [-0.1, -0.05) is 0 Å². The van der Waals surface area contributed by atoms with E-state index in [9.17, 15) is 9.18 Å². The van der Waals surface area contributed by atoms with Gasteiger partial charge in [0.25, 0.3) is 0 Å². The van der Waals surface area contributed by atoms with Crippen LogP contribution in [0.3, 0.4) is 0 Å². The molecule has 1 aromatic heterocycles. The number of rotatable bonds is 3. The van der Waals surface area contributed by atoms with E-state index in [2.05, 4.69) is 25.8 Å². The molecule has 0 aliphatic rings. The van der Waals surface area contributed by atoms with E-state index in [0.717, 1.165) is 0 Å². The number of hydrogen-bond donors (Lipinski definition) is 0. The molecular weight excluding hydrogens is 329 g/mol. The van der Waals surface area contributed by atoms with Gasteiger partial charge in [0.1, 0.15) is 16.1 Å². The zero-order valence-corrected chi connectivity index (χ0v) is 12.0. The number of nitrogens with zero attached hydrogens (tertiary/aromatic N) is 3. The molecule has 0 saturated carbocycles. The van der Waals surface area contributed by atoms with E-state index < -0.39 is 11.8 Å². The van der Waals surface area contributed by atoms with Crippen molar-refractivity contribution in [2.75, 3.05) is 7.11 Å². The maximum atomic E-state index is 13.7. The lowest BCUT2D eigenvalue weighted by atomic mass is 10.1. The molecule has 5 nitrogen and oxygen atoms in total. The Hall–Kier alpha value is -2.20. The highest BCUT2D eigenvalue weighted by Crippen LogP contribution is 2.16. The first-order chi connectivity index (χ1) is 9.55. The minimum Gasteiger partial charge on any atom is -0.464 e. The van der Waals surface area contributed by atoms with Gasteiger partial charge in [-0.25, -0.2) is 9.18 Å². The van der Waals surface area contributed by atoms with Gasteiger partial charge in [-0.05, 0) is 34.1 Å². The molecule has 102 valence electrons. The highest BCUT2D eigenvalue weighted by molar-refractivity contribution is 9.10. The predicted octanol–water partition coefficient (Wildman–Crippen LogP) is 2.49. The van der Waals surface area contributed by atoms with Crippen molar-refractivity contribution in [3.8, 4) is 6.07 Å². The summed E-state index contributed by atoms with van der Waals surface area (Å²) in [6.45, 7) is 0.0252. The Balaban J connectivity index is 2.40. The molecular formula is C13H9BrFN3O2. The molecule has 1 aromatic carbocycles. The van der Waals surface area contributed by atoms with E-state index in [1.54, 1.807) is 0 Å². The summed E-state index contributed by atoms with van der Waals surface area (Å²) in [5.41, 5.74) is 0.804. The Morgan fingerprint density at radius 2 is 2.30 bits per heavy atom. The topological polar surface area (TPSA) is 67.9 Å². The van der Waals surface area contributed by atoms with Crippen LogP contribution < -0.4 is 0 Å². The van der Waals surface area contributed by atoms with Gasteiger partial charge in [-0.3, -0.25) is 4.68 Å². The van der Waals surface area contributed by atoms with Crippen LogP contribution >= 0.6 is 15.9 Å². The van der Waals surface area contributed by atoms with Crippen molar-refractivity contribution in [3.63, 3.8) is 0 Å². The number of nitriles is 1. The summed E-state index contributed by atoms with van der Waals surface area (Å²) in [6.07, 6.45) is 0. The second kappa shape index (κ2) is 5.84.